The molecule has 0 saturated heterocycles. The number of rotatable bonds is 9. The van der Waals surface area contributed by atoms with Crippen molar-refractivity contribution in [2.75, 3.05) is 39.7 Å². The van der Waals surface area contributed by atoms with E-state index in [1.165, 1.54) is 30.7 Å². The summed E-state index contributed by atoms with van der Waals surface area (Å²) >= 11 is 0. The highest BCUT2D eigenvalue weighted by molar-refractivity contribution is 7.89. The Balaban J connectivity index is 2.53. The average molecular weight is 469 g/mol. The molecule has 0 aliphatic rings. The molecule has 0 spiro atoms. The van der Waals surface area contributed by atoms with Crippen molar-refractivity contribution in [1.29, 1.82) is 0 Å². The molecule has 9 nitrogen and oxygen atoms in total. The smallest absolute Gasteiger partial charge is 0.340 e. The van der Waals surface area contributed by atoms with Gasteiger partial charge in [-0.05, 0) is 18.2 Å². The van der Waals surface area contributed by atoms with Crippen LogP contribution in [-0.4, -0.2) is 59.0 Å². The SMILES string of the molecule is CCN(CC)S(=O)(=O)c1ccc(F)c(C(=O)Nc2cc(OC)c(OC)cc2C(=O)OC)c1. The van der Waals surface area contributed by atoms with Crippen LogP contribution in [0.4, 0.5) is 10.1 Å². The number of amides is 1. The summed E-state index contributed by atoms with van der Waals surface area (Å²) in [5, 5.41) is 2.42. The van der Waals surface area contributed by atoms with Crippen LogP contribution in [0.5, 0.6) is 11.5 Å². The van der Waals surface area contributed by atoms with Crippen LogP contribution >= 0.6 is 0 Å². The summed E-state index contributed by atoms with van der Waals surface area (Å²) in [5.41, 5.74) is -0.606. The van der Waals surface area contributed by atoms with E-state index < -0.39 is 33.3 Å². The van der Waals surface area contributed by atoms with Gasteiger partial charge in [0, 0.05) is 25.2 Å². The summed E-state index contributed by atoms with van der Waals surface area (Å²) in [6.07, 6.45) is 0. The van der Waals surface area contributed by atoms with Crippen molar-refractivity contribution in [2.45, 2.75) is 18.7 Å². The van der Waals surface area contributed by atoms with Gasteiger partial charge in [-0.2, -0.15) is 4.31 Å². The number of carbonyl (C=O) groups excluding carboxylic acids is 2. The molecule has 32 heavy (non-hydrogen) atoms. The van der Waals surface area contributed by atoms with Gasteiger partial charge in [-0.15, -0.1) is 0 Å². The Kier molecular flexibility index (Phi) is 8.17. The third-order valence-electron chi connectivity index (χ3n) is 4.70. The Morgan fingerprint density at radius 2 is 1.56 bits per heavy atom. The summed E-state index contributed by atoms with van der Waals surface area (Å²) in [5.74, 6) is -2.25. The van der Waals surface area contributed by atoms with Crippen molar-refractivity contribution < 1.29 is 36.6 Å². The number of methoxy groups -OCH3 is 3. The predicted molar refractivity (Wildman–Crippen MR) is 115 cm³/mol. The fraction of sp³-hybridized carbons (Fsp3) is 0.333. The zero-order valence-electron chi connectivity index (χ0n) is 18.4. The first-order chi connectivity index (χ1) is 15.1. The molecule has 11 heteroatoms. The summed E-state index contributed by atoms with van der Waals surface area (Å²) < 4.78 is 56.2. The van der Waals surface area contributed by atoms with Crippen molar-refractivity contribution in [1.82, 2.24) is 4.31 Å². The van der Waals surface area contributed by atoms with E-state index >= 15 is 0 Å². The molecule has 2 aromatic rings. The lowest BCUT2D eigenvalue weighted by Crippen LogP contribution is -2.31. The first kappa shape index (κ1) is 25.1. The largest absolute Gasteiger partial charge is 0.493 e. The van der Waals surface area contributed by atoms with Gasteiger partial charge in [0.05, 0.1) is 43.0 Å². The Morgan fingerprint density at radius 1 is 0.969 bits per heavy atom. The maximum absolute atomic E-state index is 14.5. The molecular weight excluding hydrogens is 443 g/mol. The van der Waals surface area contributed by atoms with E-state index in [0.29, 0.717) is 0 Å². The van der Waals surface area contributed by atoms with Gasteiger partial charge in [0.2, 0.25) is 10.0 Å². The molecule has 0 heterocycles. The normalized spacial score (nSPS) is 11.2. The molecule has 0 aromatic heterocycles. The van der Waals surface area contributed by atoms with E-state index in [9.17, 15) is 22.4 Å². The van der Waals surface area contributed by atoms with Crippen molar-refractivity contribution in [3.63, 3.8) is 0 Å². The van der Waals surface area contributed by atoms with E-state index in [4.69, 9.17) is 14.2 Å². The standard InChI is InChI=1S/C21H25FN2O7S/c1-6-24(7-2)32(27,28)13-8-9-16(22)14(10-13)20(25)23-17-12-19(30-4)18(29-3)11-15(17)21(26)31-5/h8-12H,6-7H2,1-5H3,(H,23,25). The number of nitrogens with one attached hydrogen (secondary N) is 1. The number of benzene rings is 2. The van der Waals surface area contributed by atoms with Crippen molar-refractivity contribution in [3.05, 3.63) is 47.3 Å². The molecule has 0 fully saturated rings. The van der Waals surface area contributed by atoms with Gasteiger partial charge < -0.3 is 19.5 Å². The van der Waals surface area contributed by atoms with E-state index in [0.717, 1.165) is 25.3 Å². The minimum absolute atomic E-state index is 0.0316. The molecule has 0 aliphatic heterocycles. The van der Waals surface area contributed by atoms with E-state index in [2.05, 4.69) is 5.32 Å². The summed E-state index contributed by atoms with van der Waals surface area (Å²) in [6, 6.07) is 5.57. The number of esters is 1. The van der Waals surface area contributed by atoms with Gasteiger partial charge in [-0.3, -0.25) is 4.79 Å². The monoisotopic (exact) mass is 468 g/mol. The number of anilines is 1. The molecule has 0 atom stereocenters. The minimum atomic E-state index is -3.92. The van der Waals surface area contributed by atoms with Crippen LogP contribution in [0, 0.1) is 5.82 Å². The fourth-order valence-electron chi connectivity index (χ4n) is 3.00. The molecule has 0 bridgehead atoms. The van der Waals surface area contributed by atoms with E-state index in [-0.39, 0.29) is 40.7 Å². The maximum Gasteiger partial charge on any atom is 0.340 e. The third kappa shape index (κ3) is 5.00. The van der Waals surface area contributed by atoms with Gasteiger partial charge in [-0.1, -0.05) is 13.8 Å². The van der Waals surface area contributed by atoms with Gasteiger partial charge in [0.15, 0.2) is 11.5 Å². The van der Waals surface area contributed by atoms with Crippen LogP contribution in [0.25, 0.3) is 0 Å². The third-order valence-corrected chi connectivity index (χ3v) is 6.75. The average Bonchev–Trinajstić information content (AvgIpc) is 2.78. The van der Waals surface area contributed by atoms with Crippen LogP contribution in [0.2, 0.25) is 0 Å². The molecule has 174 valence electrons. The molecule has 0 saturated carbocycles. The fourth-order valence-corrected chi connectivity index (χ4v) is 4.49. The van der Waals surface area contributed by atoms with Crippen LogP contribution in [0.1, 0.15) is 34.6 Å². The van der Waals surface area contributed by atoms with Crippen molar-refractivity contribution in [3.8, 4) is 11.5 Å². The second-order valence-corrected chi connectivity index (χ2v) is 8.37. The van der Waals surface area contributed by atoms with Crippen LogP contribution in [0.15, 0.2) is 35.2 Å². The number of sulfonamides is 1. The highest BCUT2D eigenvalue weighted by atomic mass is 32.2. The molecule has 1 amide bonds. The number of hydrogen-bond acceptors (Lipinski definition) is 7. The van der Waals surface area contributed by atoms with E-state index in [1.807, 2.05) is 0 Å². The number of halogens is 1. The Bertz CT molecular complexity index is 1120. The second kappa shape index (κ2) is 10.4. The topological polar surface area (TPSA) is 111 Å². The molecule has 0 unspecified atom stereocenters. The lowest BCUT2D eigenvalue weighted by Gasteiger charge is -2.19. The molecule has 0 aliphatic carbocycles. The number of hydrogen-bond donors (Lipinski definition) is 1. The summed E-state index contributed by atoms with van der Waals surface area (Å²) in [4.78, 5) is 24.8. The Hall–Kier alpha value is -3.18. The second-order valence-electron chi connectivity index (χ2n) is 6.43. The highest BCUT2D eigenvalue weighted by Gasteiger charge is 2.25. The predicted octanol–water partition coefficient (Wildman–Crippen LogP) is 2.91. The lowest BCUT2D eigenvalue weighted by molar-refractivity contribution is 0.0601. The van der Waals surface area contributed by atoms with Crippen molar-refractivity contribution >= 4 is 27.6 Å². The maximum atomic E-state index is 14.5. The number of carbonyl (C=O) groups is 2. The molecular formula is C21H25FN2O7S. The number of ether oxygens (including phenoxy) is 3. The highest BCUT2D eigenvalue weighted by Crippen LogP contribution is 2.34. The molecule has 1 N–H and O–H groups in total. The van der Waals surface area contributed by atoms with Gasteiger partial charge in [0.1, 0.15) is 5.82 Å². The van der Waals surface area contributed by atoms with Gasteiger partial charge >= 0.3 is 5.97 Å². The molecule has 0 radical (unpaired) electrons. The lowest BCUT2D eigenvalue weighted by atomic mass is 10.1. The first-order valence-corrected chi connectivity index (χ1v) is 11.0. The summed E-state index contributed by atoms with van der Waals surface area (Å²) in [6.45, 7) is 3.77. The molecule has 2 rings (SSSR count). The Labute approximate surface area is 186 Å². The van der Waals surface area contributed by atoms with Crippen LogP contribution in [0.3, 0.4) is 0 Å². The minimum Gasteiger partial charge on any atom is -0.493 e. The van der Waals surface area contributed by atoms with Crippen LogP contribution in [-0.2, 0) is 14.8 Å². The zero-order chi connectivity index (χ0) is 24.1. The van der Waals surface area contributed by atoms with Crippen LogP contribution < -0.4 is 14.8 Å². The quantitative estimate of drug-likeness (QED) is 0.563. The van der Waals surface area contributed by atoms with Crippen molar-refractivity contribution in [2.24, 2.45) is 0 Å². The first-order valence-electron chi connectivity index (χ1n) is 9.59. The van der Waals surface area contributed by atoms with Gasteiger partial charge in [-0.25, -0.2) is 17.6 Å². The van der Waals surface area contributed by atoms with Gasteiger partial charge in [0.25, 0.3) is 5.91 Å². The molecule has 2 aromatic carbocycles. The Morgan fingerprint density at radius 3 is 2.09 bits per heavy atom. The summed E-state index contributed by atoms with van der Waals surface area (Å²) in [7, 11) is -0.0245. The number of nitrogens with zero attached hydrogens (tertiary/aromatic N) is 1. The van der Waals surface area contributed by atoms with E-state index in [1.54, 1.807) is 13.8 Å². The zero-order valence-corrected chi connectivity index (χ0v) is 19.2.